The van der Waals surface area contributed by atoms with Crippen LogP contribution in [0.2, 0.25) is 0 Å². The van der Waals surface area contributed by atoms with E-state index in [1.807, 2.05) is 0 Å². The minimum absolute atomic E-state index is 0.0154. The smallest absolute Gasteiger partial charge is 0.394 e. The Balaban J connectivity index is 1.84. The van der Waals surface area contributed by atoms with Crippen LogP contribution >= 0.6 is 0 Å². The molecule has 8 heteroatoms. The quantitative estimate of drug-likeness (QED) is 0.736. The maximum atomic E-state index is 12.4. The first-order chi connectivity index (χ1) is 10.9. The Labute approximate surface area is 130 Å². The maximum absolute atomic E-state index is 12.4. The van der Waals surface area contributed by atoms with Crippen LogP contribution in [0.3, 0.4) is 0 Å². The normalized spacial score (nSPS) is 12.2. The third kappa shape index (κ3) is 4.87. The molecule has 23 heavy (non-hydrogen) atoms. The van der Waals surface area contributed by atoms with Crippen molar-refractivity contribution in [2.45, 2.75) is 12.6 Å². The number of nitrogens with one attached hydrogen (secondary N) is 2. The minimum Gasteiger partial charge on any atom is -0.394 e. The second-order valence-corrected chi connectivity index (χ2v) is 4.81. The summed E-state index contributed by atoms with van der Waals surface area (Å²) in [5, 5.41) is 2.60. The molecule has 0 atom stereocenters. The number of rotatable bonds is 5. The molecule has 5 nitrogen and oxygen atoms in total. The van der Waals surface area contributed by atoms with Crippen molar-refractivity contribution in [3.63, 3.8) is 0 Å². The van der Waals surface area contributed by atoms with Gasteiger partial charge < -0.3 is 16.0 Å². The molecule has 2 rings (SSSR count). The molecule has 4 N–H and O–H groups in total. The zero-order chi connectivity index (χ0) is 16.9. The van der Waals surface area contributed by atoms with Gasteiger partial charge in [-0.25, -0.2) is 4.98 Å². The molecule has 0 fully saturated rings. The van der Waals surface area contributed by atoms with E-state index in [1.165, 1.54) is 30.7 Å². The molecule has 2 aromatic rings. The van der Waals surface area contributed by atoms with E-state index in [4.69, 9.17) is 5.73 Å². The number of hydrogen-bond donors (Lipinski definition) is 3. The van der Waals surface area contributed by atoms with Crippen LogP contribution in [0.25, 0.3) is 6.08 Å². The van der Waals surface area contributed by atoms with Gasteiger partial charge in [0.1, 0.15) is 0 Å². The summed E-state index contributed by atoms with van der Waals surface area (Å²) in [5.41, 5.74) is 6.24. The van der Waals surface area contributed by atoms with Gasteiger partial charge in [-0.2, -0.15) is 13.2 Å². The molecule has 0 radical (unpaired) electrons. The number of aromatic nitrogens is 2. The van der Waals surface area contributed by atoms with Gasteiger partial charge in [0.15, 0.2) is 0 Å². The highest BCUT2D eigenvalue weighted by molar-refractivity contribution is 5.96. The molecule has 0 spiro atoms. The second-order valence-electron chi connectivity index (χ2n) is 4.81. The van der Waals surface area contributed by atoms with Gasteiger partial charge >= 0.3 is 6.18 Å². The van der Waals surface area contributed by atoms with Crippen molar-refractivity contribution in [1.29, 1.82) is 0 Å². The number of benzene rings is 1. The summed E-state index contributed by atoms with van der Waals surface area (Å²) in [6.07, 6.45) is 0.476. The molecule has 1 aromatic heterocycles. The van der Waals surface area contributed by atoms with Crippen molar-refractivity contribution >= 4 is 12.0 Å². The Morgan fingerprint density at radius 3 is 2.57 bits per heavy atom. The topological polar surface area (TPSA) is 83.8 Å². The SMILES string of the molecule is N/C(=C\c1cnc[nH]1)C(=O)NCCc1ccc(C(F)(F)F)cc1. The number of aromatic amines is 1. The summed E-state index contributed by atoms with van der Waals surface area (Å²) >= 11 is 0. The summed E-state index contributed by atoms with van der Waals surface area (Å²) < 4.78 is 37.3. The Bertz CT molecular complexity index is 676. The molecule has 1 aromatic carbocycles. The standard InChI is InChI=1S/C15H15F3N4O/c16-15(17,18)11-3-1-10(2-4-11)5-6-21-14(23)13(19)7-12-8-20-9-22-12/h1-4,7-9H,5-6,19H2,(H,20,22)(H,21,23)/b13-7-. The van der Waals surface area contributed by atoms with Crippen LogP contribution in [0.5, 0.6) is 0 Å². The van der Waals surface area contributed by atoms with E-state index in [9.17, 15) is 18.0 Å². The van der Waals surface area contributed by atoms with E-state index in [2.05, 4.69) is 15.3 Å². The predicted molar refractivity (Wildman–Crippen MR) is 78.9 cm³/mol. The van der Waals surface area contributed by atoms with Crippen LogP contribution < -0.4 is 11.1 Å². The summed E-state index contributed by atoms with van der Waals surface area (Å²) in [4.78, 5) is 18.3. The van der Waals surface area contributed by atoms with Crippen LogP contribution in [0.1, 0.15) is 16.8 Å². The third-order valence-corrected chi connectivity index (χ3v) is 3.07. The Morgan fingerprint density at radius 2 is 2.00 bits per heavy atom. The second kappa shape index (κ2) is 6.99. The molecule has 122 valence electrons. The van der Waals surface area contributed by atoms with Gasteiger partial charge in [0, 0.05) is 6.54 Å². The lowest BCUT2D eigenvalue weighted by molar-refractivity contribution is -0.137. The van der Waals surface area contributed by atoms with Crippen LogP contribution in [0.15, 0.2) is 42.5 Å². The maximum Gasteiger partial charge on any atom is 0.416 e. The number of nitrogens with zero attached hydrogens (tertiary/aromatic N) is 1. The summed E-state index contributed by atoms with van der Waals surface area (Å²) in [6, 6.07) is 4.81. The Kier molecular flexibility index (Phi) is 5.05. The van der Waals surface area contributed by atoms with Gasteiger partial charge in [-0.15, -0.1) is 0 Å². The monoisotopic (exact) mass is 324 g/mol. The van der Waals surface area contributed by atoms with Crippen molar-refractivity contribution in [3.8, 4) is 0 Å². The van der Waals surface area contributed by atoms with Gasteiger partial charge in [-0.05, 0) is 30.2 Å². The van der Waals surface area contributed by atoms with Crippen molar-refractivity contribution < 1.29 is 18.0 Å². The van der Waals surface area contributed by atoms with E-state index in [-0.39, 0.29) is 12.2 Å². The number of alkyl halides is 3. The number of carbonyl (C=O) groups is 1. The average molecular weight is 324 g/mol. The lowest BCUT2D eigenvalue weighted by Gasteiger charge is -2.08. The largest absolute Gasteiger partial charge is 0.416 e. The third-order valence-electron chi connectivity index (χ3n) is 3.07. The number of halogens is 3. The zero-order valence-corrected chi connectivity index (χ0v) is 12.0. The van der Waals surface area contributed by atoms with Gasteiger partial charge in [0.25, 0.3) is 5.91 Å². The lowest BCUT2D eigenvalue weighted by Crippen LogP contribution is -2.30. The van der Waals surface area contributed by atoms with Crippen LogP contribution in [0.4, 0.5) is 13.2 Å². The fraction of sp³-hybridized carbons (Fsp3) is 0.200. The number of H-pyrrole nitrogens is 1. The molecule has 0 aliphatic heterocycles. The van der Waals surface area contributed by atoms with Crippen molar-refractivity contribution in [2.75, 3.05) is 6.54 Å². The van der Waals surface area contributed by atoms with Crippen LogP contribution in [-0.2, 0) is 17.4 Å². The average Bonchev–Trinajstić information content (AvgIpc) is 2.99. The van der Waals surface area contributed by atoms with Crippen LogP contribution in [-0.4, -0.2) is 22.4 Å². The first-order valence-corrected chi connectivity index (χ1v) is 6.76. The number of hydrogen-bond acceptors (Lipinski definition) is 3. The molecular formula is C15H15F3N4O. The number of imidazole rings is 1. The molecule has 1 heterocycles. The van der Waals surface area contributed by atoms with Crippen molar-refractivity contribution in [2.24, 2.45) is 5.73 Å². The number of amides is 1. The zero-order valence-electron chi connectivity index (χ0n) is 12.0. The summed E-state index contributed by atoms with van der Waals surface area (Å²) in [7, 11) is 0. The van der Waals surface area contributed by atoms with Gasteiger partial charge in [-0.3, -0.25) is 4.79 Å². The molecular weight excluding hydrogens is 309 g/mol. The number of nitrogens with two attached hydrogens (primary N) is 1. The van der Waals surface area contributed by atoms with Gasteiger partial charge in [0.2, 0.25) is 0 Å². The molecule has 0 saturated carbocycles. The van der Waals surface area contributed by atoms with Crippen LogP contribution in [0, 0.1) is 0 Å². The molecule has 0 aliphatic rings. The lowest BCUT2D eigenvalue weighted by atomic mass is 10.1. The first-order valence-electron chi connectivity index (χ1n) is 6.76. The fourth-order valence-electron chi connectivity index (χ4n) is 1.86. The van der Waals surface area contributed by atoms with Gasteiger partial charge in [-0.1, -0.05) is 12.1 Å². The Hall–Kier alpha value is -2.77. The van der Waals surface area contributed by atoms with Gasteiger partial charge in [0.05, 0.1) is 29.5 Å². The molecule has 0 bridgehead atoms. The highest BCUT2D eigenvalue weighted by Crippen LogP contribution is 2.29. The fourth-order valence-corrected chi connectivity index (χ4v) is 1.86. The van der Waals surface area contributed by atoms with Crippen molar-refractivity contribution in [1.82, 2.24) is 15.3 Å². The Morgan fingerprint density at radius 1 is 1.30 bits per heavy atom. The van der Waals surface area contributed by atoms with Crippen molar-refractivity contribution in [3.05, 3.63) is 59.3 Å². The van der Waals surface area contributed by atoms with E-state index < -0.39 is 17.6 Å². The minimum atomic E-state index is -4.35. The van der Waals surface area contributed by atoms with E-state index in [0.29, 0.717) is 17.7 Å². The van der Waals surface area contributed by atoms with E-state index in [1.54, 1.807) is 0 Å². The summed E-state index contributed by atoms with van der Waals surface area (Å²) in [5.74, 6) is -0.452. The number of carbonyl (C=O) groups excluding carboxylic acids is 1. The van der Waals surface area contributed by atoms with E-state index in [0.717, 1.165) is 12.1 Å². The molecule has 0 unspecified atom stereocenters. The highest BCUT2D eigenvalue weighted by atomic mass is 19.4. The first kappa shape index (κ1) is 16.6. The molecule has 1 amide bonds. The predicted octanol–water partition coefficient (Wildman–Crippen LogP) is 2.09. The summed E-state index contributed by atoms with van der Waals surface area (Å²) in [6.45, 7) is 0.266. The molecule has 0 aliphatic carbocycles. The molecule has 0 saturated heterocycles. The highest BCUT2D eigenvalue weighted by Gasteiger charge is 2.29. The van der Waals surface area contributed by atoms with E-state index >= 15 is 0 Å².